The molecule has 0 aliphatic rings. The Morgan fingerprint density at radius 3 is 2.89 bits per heavy atom. The zero-order valence-corrected chi connectivity index (χ0v) is 10.5. The molecular weight excluding hydrogens is 246 g/mol. The van der Waals surface area contributed by atoms with Gasteiger partial charge < -0.3 is 10.1 Å². The maximum atomic E-state index is 11.2. The lowest BCUT2D eigenvalue weighted by atomic mass is 10.2. The van der Waals surface area contributed by atoms with Gasteiger partial charge in [-0.05, 0) is 31.2 Å². The SMILES string of the molecule is Cc1cc2c(=N)n3cc(C(N)=O)ccc3cc2s1. The summed E-state index contributed by atoms with van der Waals surface area (Å²) in [7, 11) is 0. The van der Waals surface area contributed by atoms with Gasteiger partial charge in [-0.15, -0.1) is 11.3 Å². The van der Waals surface area contributed by atoms with E-state index in [4.69, 9.17) is 11.1 Å². The molecule has 0 aromatic carbocycles. The highest BCUT2D eigenvalue weighted by Gasteiger charge is 2.06. The summed E-state index contributed by atoms with van der Waals surface area (Å²) in [4.78, 5) is 12.3. The average molecular weight is 257 g/mol. The molecule has 3 aromatic rings. The standard InChI is InChI=1S/C13H11N3OS/c1-7-4-10-11(18-7)5-9-3-2-8(13(15)17)6-16(9)12(10)14/h2-6,14H,1H3,(H2,15,17). The van der Waals surface area contributed by atoms with Crippen LogP contribution in [0.4, 0.5) is 0 Å². The number of fused-ring (bicyclic) bond motifs is 2. The van der Waals surface area contributed by atoms with Crippen LogP contribution in [-0.4, -0.2) is 10.3 Å². The summed E-state index contributed by atoms with van der Waals surface area (Å²) >= 11 is 1.67. The van der Waals surface area contributed by atoms with Crippen LogP contribution in [0, 0.1) is 12.3 Å². The number of thiophene rings is 1. The van der Waals surface area contributed by atoms with Crippen molar-refractivity contribution in [3.63, 3.8) is 0 Å². The quantitative estimate of drug-likeness (QED) is 0.688. The van der Waals surface area contributed by atoms with E-state index in [-0.39, 0.29) is 0 Å². The summed E-state index contributed by atoms with van der Waals surface area (Å²) in [6, 6.07) is 7.51. The Hall–Kier alpha value is -2.14. The lowest BCUT2D eigenvalue weighted by molar-refractivity contribution is 0.1000. The Bertz CT molecular complexity index is 844. The van der Waals surface area contributed by atoms with Crippen molar-refractivity contribution < 1.29 is 4.79 Å². The normalized spacial score (nSPS) is 11.2. The summed E-state index contributed by atoms with van der Waals surface area (Å²) in [5.41, 5.74) is 6.94. The zero-order valence-electron chi connectivity index (χ0n) is 9.73. The van der Waals surface area contributed by atoms with Crippen LogP contribution in [0.5, 0.6) is 0 Å². The van der Waals surface area contributed by atoms with E-state index in [1.54, 1.807) is 28.0 Å². The molecule has 0 spiro atoms. The number of rotatable bonds is 1. The molecule has 5 heteroatoms. The maximum absolute atomic E-state index is 11.2. The summed E-state index contributed by atoms with van der Waals surface area (Å²) in [6.45, 7) is 2.02. The van der Waals surface area contributed by atoms with Gasteiger partial charge in [-0.3, -0.25) is 10.2 Å². The molecule has 3 N–H and O–H groups in total. The number of carbonyl (C=O) groups excluding carboxylic acids is 1. The van der Waals surface area contributed by atoms with E-state index in [0.29, 0.717) is 11.1 Å². The van der Waals surface area contributed by atoms with E-state index in [2.05, 4.69) is 0 Å². The summed E-state index contributed by atoms with van der Waals surface area (Å²) in [6.07, 6.45) is 1.62. The number of hydrogen-bond acceptors (Lipinski definition) is 3. The molecule has 4 nitrogen and oxygen atoms in total. The van der Waals surface area contributed by atoms with Crippen LogP contribution in [0.25, 0.3) is 15.6 Å². The van der Waals surface area contributed by atoms with Crippen molar-refractivity contribution in [2.75, 3.05) is 0 Å². The fraction of sp³-hybridized carbons (Fsp3) is 0.0769. The average Bonchev–Trinajstić information content (AvgIpc) is 2.70. The molecule has 0 fully saturated rings. The first-order valence-corrected chi connectivity index (χ1v) is 6.28. The van der Waals surface area contributed by atoms with Gasteiger partial charge in [0.2, 0.25) is 5.91 Å². The first-order valence-electron chi connectivity index (χ1n) is 5.46. The fourth-order valence-corrected chi connectivity index (χ4v) is 3.03. The molecule has 3 heterocycles. The number of nitrogens with one attached hydrogen (secondary N) is 1. The molecule has 3 aromatic heterocycles. The molecule has 0 aliphatic heterocycles. The highest BCUT2D eigenvalue weighted by atomic mass is 32.1. The van der Waals surface area contributed by atoms with Gasteiger partial charge >= 0.3 is 0 Å². The van der Waals surface area contributed by atoms with E-state index in [1.807, 2.05) is 25.1 Å². The van der Waals surface area contributed by atoms with Gasteiger partial charge in [0.25, 0.3) is 0 Å². The maximum Gasteiger partial charge on any atom is 0.250 e. The van der Waals surface area contributed by atoms with Gasteiger partial charge in [-0.2, -0.15) is 0 Å². The number of carbonyl (C=O) groups is 1. The third kappa shape index (κ3) is 1.52. The molecule has 90 valence electrons. The number of aromatic nitrogens is 1. The lowest BCUT2D eigenvalue weighted by Gasteiger charge is -2.04. The Balaban J connectivity index is 2.48. The monoisotopic (exact) mass is 257 g/mol. The highest BCUT2D eigenvalue weighted by molar-refractivity contribution is 7.19. The van der Waals surface area contributed by atoms with Crippen molar-refractivity contribution in [1.29, 1.82) is 5.41 Å². The van der Waals surface area contributed by atoms with Crippen molar-refractivity contribution in [2.45, 2.75) is 6.92 Å². The lowest BCUT2D eigenvalue weighted by Crippen LogP contribution is -2.17. The van der Waals surface area contributed by atoms with Crippen LogP contribution in [0.3, 0.4) is 0 Å². The number of hydrogen-bond donors (Lipinski definition) is 2. The predicted octanol–water partition coefficient (Wildman–Crippen LogP) is 2.04. The molecule has 0 atom stereocenters. The molecule has 0 aliphatic carbocycles. The van der Waals surface area contributed by atoms with Crippen LogP contribution in [0.2, 0.25) is 0 Å². The van der Waals surface area contributed by atoms with E-state index >= 15 is 0 Å². The minimum atomic E-state index is -0.481. The molecule has 1 amide bonds. The predicted molar refractivity (Wildman–Crippen MR) is 71.9 cm³/mol. The fourth-order valence-electron chi connectivity index (χ4n) is 2.06. The molecular formula is C13H11N3OS. The number of amides is 1. The van der Waals surface area contributed by atoms with Gasteiger partial charge in [-0.1, -0.05) is 0 Å². The second-order valence-corrected chi connectivity index (χ2v) is 5.49. The molecule has 0 saturated carbocycles. The van der Waals surface area contributed by atoms with E-state index in [1.165, 1.54) is 4.88 Å². The molecule has 0 bridgehead atoms. The number of aryl methyl sites for hydroxylation is 1. The second-order valence-electron chi connectivity index (χ2n) is 4.20. The Labute approximate surface area is 107 Å². The van der Waals surface area contributed by atoms with Crippen LogP contribution in [0.15, 0.2) is 30.5 Å². The molecule has 18 heavy (non-hydrogen) atoms. The number of nitrogens with zero attached hydrogens (tertiary/aromatic N) is 1. The van der Waals surface area contributed by atoms with E-state index in [9.17, 15) is 4.79 Å². The summed E-state index contributed by atoms with van der Waals surface area (Å²) in [5.74, 6) is -0.481. The molecule has 0 saturated heterocycles. The second kappa shape index (κ2) is 3.68. The van der Waals surface area contributed by atoms with Gasteiger partial charge in [0.05, 0.1) is 5.56 Å². The van der Waals surface area contributed by atoms with Crippen molar-refractivity contribution in [3.8, 4) is 0 Å². The molecule has 0 radical (unpaired) electrons. The highest BCUT2D eigenvalue weighted by Crippen LogP contribution is 2.23. The van der Waals surface area contributed by atoms with Gasteiger partial charge in [0, 0.05) is 26.7 Å². The molecule has 3 rings (SSSR count). The Morgan fingerprint density at radius 2 is 2.17 bits per heavy atom. The summed E-state index contributed by atoms with van der Waals surface area (Å²) in [5, 5.41) is 9.10. The first kappa shape index (κ1) is 11.0. The van der Waals surface area contributed by atoms with Crippen LogP contribution >= 0.6 is 11.3 Å². The minimum absolute atomic E-state index is 0.384. The first-order chi connectivity index (χ1) is 8.56. The van der Waals surface area contributed by atoms with E-state index < -0.39 is 5.91 Å². The summed E-state index contributed by atoms with van der Waals surface area (Å²) < 4.78 is 2.78. The van der Waals surface area contributed by atoms with Crippen molar-refractivity contribution >= 4 is 32.8 Å². The number of pyridine rings is 2. The molecule has 0 unspecified atom stereocenters. The number of nitrogens with two attached hydrogens (primary N) is 1. The number of primary amides is 1. The van der Waals surface area contributed by atoms with Crippen molar-refractivity contribution in [2.24, 2.45) is 5.73 Å². The van der Waals surface area contributed by atoms with Crippen LogP contribution in [-0.2, 0) is 0 Å². The zero-order chi connectivity index (χ0) is 12.9. The minimum Gasteiger partial charge on any atom is -0.366 e. The topological polar surface area (TPSA) is 71.3 Å². The largest absolute Gasteiger partial charge is 0.366 e. The third-order valence-electron chi connectivity index (χ3n) is 2.92. The third-order valence-corrected chi connectivity index (χ3v) is 3.92. The van der Waals surface area contributed by atoms with Crippen molar-refractivity contribution in [3.05, 3.63) is 46.4 Å². The Morgan fingerprint density at radius 1 is 1.39 bits per heavy atom. The van der Waals surface area contributed by atoms with Gasteiger partial charge in [0.1, 0.15) is 5.49 Å². The van der Waals surface area contributed by atoms with Crippen molar-refractivity contribution in [1.82, 2.24) is 4.40 Å². The van der Waals surface area contributed by atoms with Crippen LogP contribution in [0.1, 0.15) is 15.2 Å². The Kier molecular flexibility index (Phi) is 2.24. The van der Waals surface area contributed by atoms with E-state index in [0.717, 1.165) is 15.6 Å². The van der Waals surface area contributed by atoms with Crippen LogP contribution < -0.4 is 11.2 Å². The smallest absolute Gasteiger partial charge is 0.250 e. The van der Waals surface area contributed by atoms with Gasteiger partial charge in [-0.25, -0.2) is 0 Å². The van der Waals surface area contributed by atoms with Gasteiger partial charge in [0.15, 0.2) is 0 Å².